The Morgan fingerprint density at radius 2 is 1.81 bits per heavy atom. The number of ketones is 1. The van der Waals surface area contributed by atoms with Crippen molar-refractivity contribution in [2.75, 3.05) is 5.75 Å². The molecule has 0 aliphatic rings. The van der Waals surface area contributed by atoms with E-state index in [0.29, 0.717) is 5.56 Å². The monoisotopic (exact) mass is 368 g/mol. The molecule has 0 aliphatic heterocycles. The average Bonchev–Trinajstić information content (AvgIpc) is 2.28. The summed E-state index contributed by atoms with van der Waals surface area (Å²) in [6.07, 6.45) is 0. The summed E-state index contributed by atoms with van der Waals surface area (Å²) >= 11 is 6.17. The largest absolute Gasteiger partial charge is 0.292 e. The Balaban J connectivity index is 2.99. The van der Waals surface area contributed by atoms with Crippen LogP contribution in [0.4, 0.5) is 0 Å². The second kappa shape index (κ2) is 5.42. The molecule has 1 unspecified atom stereocenters. The molecule has 6 heteroatoms. The van der Waals surface area contributed by atoms with Crippen LogP contribution in [-0.4, -0.2) is 24.1 Å². The number of benzene rings is 1. The highest BCUT2D eigenvalue weighted by Gasteiger charge is 2.28. The molecule has 0 saturated heterocycles. The molecule has 0 radical (unpaired) electrons. The summed E-state index contributed by atoms with van der Waals surface area (Å²) in [5, 5.41) is 0. The zero-order valence-electron chi connectivity index (χ0n) is 8.48. The predicted octanol–water partition coefficient (Wildman–Crippen LogP) is 2.79. The Hall–Kier alpha value is -0.200. The fourth-order valence-electron chi connectivity index (χ4n) is 1.05. The number of Topliss-reactive ketones (excluding diaryl/α,β-unsaturated/α-hetero) is 1. The van der Waals surface area contributed by atoms with Crippen LogP contribution in [0, 0.1) is 0 Å². The number of carbonyl (C=O) groups is 1. The van der Waals surface area contributed by atoms with Crippen LogP contribution in [0.3, 0.4) is 0 Å². The Morgan fingerprint density at radius 3 is 2.25 bits per heavy atom. The molecule has 3 nitrogen and oxygen atoms in total. The quantitative estimate of drug-likeness (QED) is 0.605. The van der Waals surface area contributed by atoms with E-state index in [9.17, 15) is 13.2 Å². The predicted molar refractivity (Wildman–Crippen MR) is 70.6 cm³/mol. The first kappa shape index (κ1) is 13.9. The second-order valence-corrected chi connectivity index (χ2v) is 7.95. The van der Waals surface area contributed by atoms with Gasteiger partial charge in [0.1, 0.15) is 0 Å². The highest BCUT2D eigenvalue weighted by molar-refractivity contribution is 9.11. The van der Waals surface area contributed by atoms with Crippen molar-refractivity contribution in [2.45, 2.75) is 11.1 Å². The zero-order chi connectivity index (χ0) is 12.3. The standard InChI is InChI=1S/C10H10Br2O3S/c1-2-16(14,15)10(12)9(13)7-3-5-8(11)6-4-7/h3-6,10H,2H2,1H3. The molecular formula is C10H10Br2O3S. The van der Waals surface area contributed by atoms with E-state index in [1.807, 2.05) is 0 Å². The molecule has 0 heterocycles. The molecule has 0 spiro atoms. The van der Waals surface area contributed by atoms with Crippen LogP contribution >= 0.6 is 31.9 Å². The molecule has 0 saturated carbocycles. The number of hydrogen-bond acceptors (Lipinski definition) is 3. The molecule has 1 atom stereocenters. The van der Waals surface area contributed by atoms with Crippen molar-refractivity contribution in [3.63, 3.8) is 0 Å². The molecular weight excluding hydrogens is 360 g/mol. The number of alkyl halides is 1. The minimum atomic E-state index is -3.40. The van der Waals surface area contributed by atoms with Gasteiger partial charge in [0.05, 0.1) is 0 Å². The van der Waals surface area contributed by atoms with E-state index in [4.69, 9.17) is 0 Å². The number of hydrogen-bond donors (Lipinski definition) is 0. The van der Waals surface area contributed by atoms with Crippen LogP contribution < -0.4 is 0 Å². The minimum absolute atomic E-state index is 0.0643. The number of sulfone groups is 1. The molecule has 0 aliphatic carbocycles. The highest BCUT2D eigenvalue weighted by Crippen LogP contribution is 2.18. The van der Waals surface area contributed by atoms with E-state index in [1.165, 1.54) is 6.92 Å². The van der Waals surface area contributed by atoms with Crippen molar-refractivity contribution in [3.8, 4) is 0 Å². The SMILES string of the molecule is CCS(=O)(=O)C(Br)C(=O)c1ccc(Br)cc1. The molecule has 0 aromatic heterocycles. The Bertz CT molecular complexity index is 479. The van der Waals surface area contributed by atoms with Gasteiger partial charge in [0.25, 0.3) is 0 Å². The Morgan fingerprint density at radius 1 is 1.31 bits per heavy atom. The Labute approximate surface area is 111 Å². The van der Waals surface area contributed by atoms with Crippen molar-refractivity contribution in [2.24, 2.45) is 0 Å². The highest BCUT2D eigenvalue weighted by atomic mass is 79.9. The van der Waals surface area contributed by atoms with Crippen LogP contribution in [-0.2, 0) is 9.84 Å². The second-order valence-electron chi connectivity index (χ2n) is 3.14. The maximum Gasteiger partial charge on any atom is 0.191 e. The summed E-state index contributed by atoms with van der Waals surface area (Å²) in [4.78, 5) is 11.8. The van der Waals surface area contributed by atoms with Gasteiger partial charge < -0.3 is 0 Å². The van der Waals surface area contributed by atoms with Crippen LogP contribution in [0.25, 0.3) is 0 Å². The fraction of sp³-hybridized carbons (Fsp3) is 0.300. The van der Waals surface area contributed by atoms with Gasteiger partial charge in [-0.05, 0) is 12.1 Å². The third kappa shape index (κ3) is 3.15. The topological polar surface area (TPSA) is 51.2 Å². The lowest BCUT2D eigenvalue weighted by molar-refractivity contribution is 0.101. The number of rotatable bonds is 4. The average molecular weight is 370 g/mol. The third-order valence-corrected chi connectivity index (χ3v) is 6.36. The van der Waals surface area contributed by atoms with Gasteiger partial charge in [-0.25, -0.2) is 8.42 Å². The van der Waals surface area contributed by atoms with Crippen molar-refractivity contribution in [1.82, 2.24) is 0 Å². The van der Waals surface area contributed by atoms with Gasteiger partial charge in [-0.2, -0.15) is 0 Å². The van der Waals surface area contributed by atoms with E-state index in [-0.39, 0.29) is 5.75 Å². The van der Waals surface area contributed by atoms with Crippen molar-refractivity contribution in [3.05, 3.63) is 34.3 Å². The van der Waals surface area contributed by atoms with Crippen molar-refractivity contribution < 1.29 is 13.2 Å². The molecule has 0 N–H and O–H groups in total. The van der Waals surface area contributed by atoms with E-state index in [1.54, 1.807) is 24.3 Å². The smallest absolute Gasteiger partial charge is 0.191 e. The van der Waals surface area contributed by atoms with Crippen LogP contribution in [0.1, 0.15) is 17.3 Å². The van der Waals surface area contributed by atoms with Gasteiger partial charge >= 0.3 is 0 Å². The van der Waals surface area contributed by atoms with E-state index in [0.717, 1.165) is 4.47 Å². The third-order valence-electron chi connectivity index (χ3n) is 2.05. The number of halogens is 2. The van der Waals surface area contributed by atoms with Crippen LogP contribution in [0.5, 0.6) is 0 Å². The van der Waals surface area contributed by atoms with Gasteiger partial charge in [0, 0.05) is 15.8 Å². The number of carbonyl (C=O) groups excluding carboxylic acids is 1. The summed E-state index contributed by atoms with van der Waals surface area (Å²) in [7, 11) is -3.40. The molecule has 88 valence electrons. The summed E-state index contributed by atoms with van der Waals surface area (Å²) in [5.74, 6) is -0.500. The molecule has 16 heavy (non-hydrogen) atoms. The molecule has 0 fully saturated rings. The molecule has 1 aromatic carbocycles. The molecule has 0 amide bonds. The first-order valence-corrected chi connectivity index (χ1v) is 7.96. The first-order chi connectivity index (χ1) is 7.38. The lowest BCUT2D eigenvalue weighted by atomic mass is 10.1. The maximum atomic E-state index is 11.8. The molecule has 0 bridgehead atoms. The minimum Gasteiger partial charge on any atom is -0.292 e. The normalized spacial score (nSPS) is 13.4. The fourth-order valence-corrected chi connectivity index (χ4v) is 3.13. The zero-order valence-corrected chi connectivity index (χ0v) is 12.5. The van der Waals surface area contributed by atoms with Crippen LogP contribution in [0.15, 0.2) is 28.7 Å². The molecule has 1 rings (SSSR count). The van der Waals surface area contributed by atoms with Gasteiger partial charge in [-0.1, -0.05) is 50.9 Å². The lowest BCUT2D eigenvalue weighted by Crippen LogP contribution is -2.26. The van der Waals surface area contributed by atoms with Gasteiger partial charge in [0.15, 0.2) is 19.8 Å². The summed E-state index contributed by atoms with van der Waals surface area (Å²) in [6.45, 7) is 1.51. The Kier molecular flexibility index (Phi) is 4.70. The lowest BCUT2D eigenvalue weighted by Gasteiger charge is -2.08. The van der Waals surface area contributed by atoms with E-state index in [2.05, 4.69) is 31.9 Å². The summed E-state index contributed by atoms with van der Waals surface area (Å²) in [6, 6.07) is 6.58. The van der Waals surface area contributed by atoms with Crippen LogP contribution in [0.2, 0.25) is 0 Å². The van der Waals surface area contributed by atoms with E-state index >= 15 is 0 Å². The van der Waals surface area contributed by atoms with E-state index < -0.39 is 19.8 Å². The van der Waals surface area contributed by atoms with Gasteiger partial charge in [0.2, 0.25) is 0 Å². The van der Waals surface area contributed by atoms with Gasteiger partial charge in [-0.15, -0.1) is 0 Å². The first-order valence-electron chi connectivity index (χ1n) is 4.54. The van der Waals surface area contributed by atoms with Crippen molar-refractivity contribution >= 4 is 47.5 Å². The molecule has 1 aromatic rings. The van der Waals surface area contributed by atoms with Gasteiger partial charge in [-0.3, -0.25) is 4.79 Å². The summed E-state index contributed by atoms with van der Waals surface area (Å²) in [5.41, 5.74) is 0.377. The van der Waals surface area contributed by atoms with Crippen molar-refractivity contribution in [1.29, 1.82) is 0 Å². The summed E-state index contributed by atoms with van der Waals surface area (Å²) < 4.78 is 22.7. The maximum absolute atomic E-state index is 11.8.